The molecule has 0 spiro atoms. The lowest BCUT2D eigenvalue weighted by atomic mass is 9.97. The molecular weight excluding hydrogens is 628 g/mol. The average Bonchev–Trinajstić information content (AvgIpc) is 3.13. The first-order valence-electron chi connectivity index (χ1n) is 15.2. The number of fused-ring (bicyclic) bond motifs is 1. The van der Waals surface area contributed by atoms with Crippen molar-refractivity contribution in [1.82, 2.24) is 10.6 Å². The van der Waals surface area contributed by atoms with Gasteiger partial charge in [0.15, 0.2) is 24.8 Å². The number of carbonyl (C=O) groups excluding carboxylic acids is 4. The third-order valence-corrected chi connectivity index (χ3v) is 7.30. The first-order chi connectivity index (χ1) is 23.4. The molecule has 2 fully saturated rings. The van der Waals surface area contributed by atoms with Gasteiger partial charge in [0.25, 0.3) is 0 Å². The summed E-state index contributed by atoms with van der Waals surface area (Å²) in [6.07, 6.45) is -8.10. The monoisotopic (exact) mass is 664 g/mol. The van der Waals surface area contributed by atoms with E-state index in [1.54, 1.807) is 60.7 Å². The van der Waals surface area contributed by atoms with Gasteiger partial charge in [0.2, 0.25) is 0 Å². The highest BCUT2D eigenvalue weighted by Gasteiger charge is 2.54. The van der Waals surface area contributed by atoms with Crippen molar-refractivity contribution in [3.8, 4) is 0 Å². The first kappa shape index (κ1) is 34.3. The number of nitrogens with one attached hydrogen (secondary N) is 2. The zero-order valence-electron chi connectivity index (χ0n) is 26.1. The number of carbonyl (C=O) groups is 4. The summed E-state index contributed by atoms with van der Waals surface area (Å²) in [5.41, 5.74) is 2.23. The van der Waals surface area contributed by atoms with Crippen LogP contribution in [0.25, 0.3) is 0 Å². The van der Waals surface area contributed by atoms with Gasteiger partial charge in [0.05, 0.1) is 6.61 Å². The Hall–Kier alpha value is -5.02. The number of alkyl carbamates (subject to hydrolysis) is 2. The van der Waals surface area contributed by atoms with Crippen molar-refractivity contribution < 1.29 is 57.1 Å². The summed E-state index contributed by atoms with van der Waals surface area (Å²) in [4.78, 5) is 50.5. The number of amides is 2. The predicted octanol–water partition coefficient (Wildman–Crippen LogP) is 3.15. The zero-order chi connectivity index (χ0) is 33.7. The lowest BCUT2D eigenvalue weighted by Gasteiger charge is -2.47. The molecule has 2 saturated heterocycles. The maximum Gasteiger partial charge on any atom is 0.407 e. The summed E-state index contributed by atoms with van der Waals surface area (Å²) in [5, 5.41) is 4.69. The minimum atomic E-state index is -1.34. The molecule has 3 aromatic carbocycles. The maximum absolute atomic E-state index is 13.1. The number of methoxy groups -OCH3 is 1. The minimum Gasteiger partial charge on any atom is -0.454 e. The Labute approximate surface area is 276 Å². The number of hydrogen-bond acceptors (Lipinski definition) is 12. The van der Waals surface area contributed by atoms with Crippen LogP contribution in [0.5, 0.6) is 0 Å². The standard InChI is InChI=1S/C34H36N2O12/c1-41-32-30(47-27(38)18-36-34(40)44-20-23-13-7-3-8-14-23)29(28-25(45-32)21-42-31(48-28)24-15-9-4-10-16-24)46-26(37)17-35-33(39)43-19-22-11-5-2-6-12-22/h2-16,25,28-32H,17-21H2,1H3,(H,35,39)(H,36,40)/t25-,28+,29+,30+,31+,32-/m1/s1. The van der Waals surface area contributed by atoms with E-state index in [4.69, 9.17) is 37.9 Å². The van der Waals surface area contributed by atoms with E-state index in [0.717, 1.165) is 11.1 Å². The van der Waals surface area contributed by atoms with Gasteiger partial charge in [0.1, 0.15) is 38.5 Å². The van der Waals surface area contributed by atoms with Crippen LogP contribution < -0.4 is 10.6 Å². The van der Waals surface area contributed by atoms with Crippen molar-refractivity contribution in [3.63, 3.8) is 0 Å². The molecule has 2 N–H and O–H groups in total. The van der Waals surface area contributed by atoms with Gasteiger partial charge in [-0.15, -0.1) is 0 Å². The van der Waals surface area contributed by atoms with E-state index >= 15 is 0 Å². The maximum atomic E-state index is 13.1. The zero-order valence-corrected chi connectivity index (χ0v) is 26.1. The molecule has 2 heterocycles. The second-order valence-electron chi connectivity index (χ2n) is 10.7. The highest BCUT2D eigenvalue weighted by Crippen LogP contribution is 2.36. The fourth-order valence-corrected chi connectivity index (χ4v) is 5.00. The molecule has 0 aromatic heterocycles. The normalized spacial score (nSPS) is 23.1. The van der Waals surface area contributed by atoms with E-state index in [-0.39, 0.29) is 19.8 Å². The van der Waals surface area contributed by atoms with Crippen molar-refractivity contribution >= 4 is 24.1 Å². The molecule has 14 heteroatoms. The molecule has 0 bridgehead atoms. The molecule has 2 amide bonds. The van der Waals surface area contributed by atoms with Crippen LogP contribution >= 0.6 is 0 Å². The molecule has 0 saturated carbocycles. The summed E-state index contributed by atoms with van der Waals surface area (Å²) in [6.45, 7) is -1.09. The van der Waals surface area contributed by atoms with Gasteiger partial charge in [-0.3, -0.25) is 9.59 Å². The molecule has 5 rings (SSSR count). The van der Waals surface area contributed by atoms with Crippen LogP contribution in [0, 0.1) is 0 Å². The molecule has 2 aliphatic heterocycles. The highest BCUT2D eigenvalue weighted by molar-refractivity contribution is 5.79. The smallest absolute Gasteiger partial charge is 0.407 e. The van der Waals surface area contributed by atoms with E-state index < -0.39 is 74.2 Å². The van der Waals surface area contributed by atoms with Crippen molar-refractivity contribution in [2.75, 3.05) is 26.8 Å². The molecule has 3 aromatic rings. The molecule has 0 unspecified atom stereocenters. The lowest BCUT2D eigenvalue weighted by molar-refractivity contribution is -0.359. The number of benzene rings is 3. The number of rotatable bonds is 12. The van der Waals surface area contributed by atoms with Crippen molar-refractivity contribution in [2.24, 2.45) is 0 Å². The van der Waals surface area contributed by atoms with Gasteiger partial charge in [-0.2, -0.15) is 0 Å². The van der Waals surface area contributed by atoms with Crippen LogP contribution in [0.3, 0.4) is 0 Å². The summed E-state index contributed by atoms with van der Waals surface area (Å²) >= 11 is 0. The Morgan fingerprint density at radius 1 is 0.688 bits per heavy atom. The Morgan fingerprint density at radius 3 is 1.71 bits per heavy atom. The Bertz CT molecular complexity index is 1490. The summed E-state index contributed by atoms with van der Waals surface area (Å²) in [7, 11) is 1.32. The van der Waals surface area contributed by atoms with Crippen LogP contribution in [0.4, 0.5) is 9.59 Å². The van der Waals surface area contributed by atoms with Crippen molar-refractivity contribution in [3.05, 3.63) is 108 Å². The van der Waals surface area contributed by atoms with Crippen LogP contribution in [0.1, 0.15) is 23.0 Å². The lowest BCUT2D eigenvalue weighted by Crippen LogP contribution is -2.64. The molecule has 6 atom stereocenters. The SMILES string of the molecule is CO[C@@H]1O[C@@H]2CO[C@H](c3ccccc3)O[C@@H]2[C@H](OC(=O)CNC(=O)OCc2ccccc2)[C@@H]1OC(=O)CNC(=O)OCc1ccccc1. The Morgan fingerprint density at radius 2 is 1.19 bits per heavy atom. The third kappa shape index (κ3) is 9.75. The predicted molar refractivity (Wildman–Crippen MR) is 165 cm³/mol. The highest BCUT2D eigenvalue weighted by atomic mass is 16.8. The van der Waals surface area contributed by atoms with E-state index in [1.807, 2.05) is 30.3 Å². The van der Waals surface area contributed by atoms with Gasteiger partial charge < -0.3 is 48.5 Å². The van der Waals surface area contributed by atoms with E-state index in [2.05, 4.69) is 10.6 Å². The Balaban J connectivity index is 1.23. The van der Waals surface area contributed by atoms with Crippen molar-refractivity contribution in [2.45, 2.75) is 50.2 Å². The fraction of sp³-hybridized carbons (Fsp3) is 0.353. The second kappa shape index (κ2) is 17.2. The van der Waals surface area contributed by atoms with Crippen LogP contribution in [-0.2, 0) is 60.7 Å². The number of hydrogen-bond donors (Lipinski definition) is 2. The van der Waals surface area contributed by atoms with Crippen LogP contribution in [0.15, 0.2) is 91.0 Å². The third-order valence-electron chi connectivity index (χ3n) is 7.30. The number of esters is 2. The molecule has 254 valence electrons. The van der Waals surface area contributed by atoms with E-state index in [1.165, 1.54) is 7.11 Å². The van der Waals surface area contributed by atoms with Crippen LogP contribution in [0.2, 0.25) is 0 Å². The molecule has 48 heavy (non-hydrogen) atoms. The molecular formula is C34H36N2O12. The van der Waals surface area contributed by atoms with Gasteiger partial charge in [-0.1, -0.05) is 91.0 Å². The molecule has 2 aliphatic rings. The van der Waals surface area contributed by atoms with Crippen LogP contribution in [-0.4, -0.2) is 81.6 Å². The summed E-state index contributed by atoms with van der Waals surface area (Å²) in [6, 6.07) is 27.1. The topological polar surface area (TPSA) is 166 Å². The van der Waals surface area contributed by atoms with Gasteiger partial charge in [-0.25, -0.2) is 9.59 Å². The Kier molecular flexibility index (Phi) is 12.3. The largest absolute Gasteiger partial charge is 0.454 e. The first-order valence-corrected chi connectivity index (χ1v) is 15.2. The molecule has 0 aliphatic carbocycles. The second-order valence-corrected chi connectivity index (χ2v) is 10.7. The van der Waals surface area contributed by atoms with E-state index in [9.17, 15) is 19.2 Å². The molecule has 14 nitrogen and oxygen atoms in total. The van der Waals surface area contributed by atoms with Crippen molar-refractivity contribution in [1.29, 1.82) is 0 Å². The average molecular weight is 665 g/mol. The summed E-state index contributed by atoms with van der Waals surface area (Å²) < 4.78 is 45.3. The van der Waals surface area contributed by atoms with Gasteiger partial charge >= 0.3 is 24.1 Å². The van der Waals surface area contributed by atoms with Gasteiger partial charge in [-0.05, 0) is 11.1 Å². The minimum absolute atomic E-state index is 0.000847. The fourth-order valence-electron chi connectivity index (χ4n) is 5.00. The number of ether oxygens (including phenoxy) is 8. The van der Waals surface area contributed by atoms with E-state index in [0.29, 0.717) is 5.56 Å². The quantitative estimate of drug-likeness (QED) is 0.215. The summed E-state index contributed by atoms with van der Waals surface area (Å²) in [5.74, 6) is -1.77. The van der Waals surface area contributed by atoms with Gasteiger partial charge in [0, 0.05) is 12.7 Å². The molecule has 0 radical (unpaired) electrons.